The Hall–Kier alpha value is -1.59. The van der Waals surface area contributed by atoms with E-state index in [0.29, 0.717) is 5.92 Å². The van der Waals surface area contributed by atoms with E-state index in [1.807, 2.05) is 11.6 Å². The molecule has 0 bridgehead atoms. The molecule has 6 heteroatoms. The van der Waals surface area contributed by atoms with Gasteiger partial charge in [0, 0.05) is 19.6 Å². The van der Waals surface area contributed by atoms with Gasteiger partial charge in [0.05, 0.1) is 6.04 Å². The number of aromatic nitrogens is 3. The molecule has 0 aliphatic carbocycles. The van der Waals surface area contributed by atoms with Gasteiger partial charge in [-0.05, 0) is 32.6 Å². The van der Waals surface area contributed by atoms with Crippen molar-refractivity contribution in [3.8, 4) is 0 Å². The number of hydrogen-bond acceptors (Lipinski definition) is 3. The van der Waals surface area contributed by atoms with Crippen molar-refractivity contribution in [2.24, 2.45) is 10.9 Å². The third kappa shape index (κ3) is 4.21. The highest BCUT2D eigenvalue weighted by Crippen LogP contribution is 2.22. The number of aryl methyl sites for hydroxylation is 2. The summed E-state index contributed by atoms with van der Waals surface area (Å²) < 4.78 is 2.03. The van der Waals surface area contributed by atoms with Crippen LogP contribution in [0.5, 0.6) is 0 Å². The first-order chi connectivity index (χ1) is 10.7. The first-order valence-electron chi connectivity index (χ1n) is 8.64. The molecule has 0 fully saturated rings. The fraction of sp³-hybridized carbons (Fsp3) is 0.812. The maximum atomic E-state index is 4.77. The normalized spacial score (nSPS) is 18.4. The van der Waals surface area contributed by atoms with Crippen molar-refractivity contribution in [1.29, 1.82) is 0 Å². The average molecular weight is 306 g/mol. The van der Waals surface area contributed by atoms with Crippen LogP contribution in [-0.4, -0.2) is 33.8 Å². The van der Waals surface area contributed by atoms with E-state index in [1.165, 1.54) is 12.8 Å². The Labute approximate surface area is 133 Å². The monoisotopic (exact) mass is 306 g/mol. The fourth-order valence-corrected chi connectivity index (χ4v) is 2.86. The Morgan fingerprint density at radius 1 is 1.36 bits per heavy atom. The molecule has 0 saturated heterocycles. The van der Waals surface area contributed by atoms with Gasteiger partial charge in [0.2, 0.25) is 0 Å². The first-order valence-corrected chi connectivity index (χ1v) is 8.64. The van der Waals surface area contributed by atoms with E-state index in [0.717, 1.165) is 50.1 Å². The molecule has 1 aromatic heterocycles. The van der Waals surface area contributed by atoms with E-state index >= 15 is 0 Å². The summed E-state index contributed by atoms with van der Waals surface area (Å²) in [6.45, 7) is 11.2. The van der Waals surface area contributed by atoms with Gasteiger partial charge in [0.15, 0.2) is 5.96 Å². The highest BCUT2D eigenvalue weighted by atomic mass is 15.4. The zero-order chi connectivity index (χ0) is 15.9. The van der Waals surface area contributed by atoms with Crippen LogP contribution in [0.3, 0.4) is 0 Å². The zero-order valence-corrected chi connectivity index (χ0v) is 14.4. The van der Waals surface area contributed by atoms with Crippen molar-refractivity contribution in [2.45, 2.75) is 66.0 Å². The summed E-state index contributed by atoms with van der Waals surface area (Å²) in [4.78, 5) is 9.35. The smallest absolute Gasteiger partial charge is 0.191 e. The summed E-state index contributed by atoms with van der Waals surface area (Å²) in [5.74, 6) is 3.45. The fourth-order valence-electron chi connectivity index (χ4n) is 2.86. The topological polar surface area (TPSA) is 67.1 Å². The molecule has 1 aliphatic rings. The van der Waals surface area contributed by atoms with Gasteiger partial charge in [-0.1, -0.05) is 26.7 Å². The predicted molar refractivity (Wildman–Crippen MR) is 89.9 cm³/mol. The zero-order valence-electron chi connectivity index (χ0n) is 14.4. The van der Waals surface area contributed by atoms with Crippen LogP contribution in [0.25, 0.3) is 0 Å². The van der Waals surface area contributed by atoms with E-state index in [4.69, 9.17) is 4.99 Å². The van der Waals surface area contributed by atoms with E-state index in [1.54, 1.807) is 0 Å². The van der Waals surface area contributed by atoms with Crippen LogP contribution < -0.4 is 10.6 Å². The van der Waals surface area contributed by atoms with E-state index < -0.39 is 0 Å². The van der Waals surface area contributed by atoms with Crippen LogP contribution in [0, 0.1) is 12.8 Å². The Bertz CT molecular complexity index is 489. The Balaban J connectivity index is 2.06. The molecule has 0 radical (unpaired) electrons. The molecule has 2 N–H and O–H groups in total. The quantitative estimate of drug-likeness (QED) is 0.625. The van der Waals surface area contributed by atoms with Gasteiger partial charge < -0.3 is 10.6 Å². The first kappa shape index (κ1) is 16.8. The summed E-state index contributed by atoms with van der Waals surface area (Å²) in [5, 5.41) is 11.4. The van der Waals surface area contributed by atoms with Gasteiger partial charge in [-0.25, -0.2) is 9.67 Å². The highest BCUT2D eigenvalue weighted by molar-refractivity contribution is 5.80. The molecule has 1 aromatic rings. The van der Waals surface area contributed by atoms with Crippen LogP contribution in [0.15, 0.2) is 4.99 Å². The molecule has 2 heterocycles. The van der Waals surface area contributed by atoms with E-state index in [-0.39, 0.29) is 6.04 Å². The molecule has 124 valence electrons. The summed E-state index contributed by atoms with van der Waals surface area (Å²) in [5.41, 5.74) is 0. The molecular weight excluding hydrogens is 276 g/mol. The van der Waals surface area contributed by atoms with Gasteiger partial charge in [-0.15, -0.1) is 0 Å². The molecule has 22 heavy (non-hydrogen) atoms. The second-order valence-corrected chi connectivity index (χ2v) is 5.98. The minimum absolute atomic E-state index is 0.203. The molecule has 1 unspecified atom stereocenters. The third-order valence-corrected chi connectivity index (χ3v) is 4.30. The Morgan fingerprint density at radius 2 is 2.14 bits per heavy atom. The predicted octanol–water partition coefficient (Wildman–Crippen LogP) is 2.41. The molecule has 0 saturated carbocycles. The van der Waals surface area contributed by atoms with Gasteiger partial charge in [0.1, 0.15) is 11.6 Å². The van der Waals surface area contributed by atoms with Crippen molar-refractivity contribution >= 4 is 5.96 Å². The molecule has 0 amide bonds. The second kappa shape index (κ2) is 8.15. The van der Waals surface area contributed by atoms with Crippen LogP contribution in [0.4, 0.5) is 0 Å². The van der Waals surface area contributed by atoms with Crippen LogP contribution in [-0.2, 0) is 6.54 Å². The van der Waals surface area contributed by atoms with Crippen LogP contribution in [0.2, 0.25) is 0 Å². The molecule has 2 rings (SSSR count). The molecule has 0 spiro atoms. The van der Waals surface area contributed by atoms with E-state index in [9.17, 15) is 0 Å². The van der Waals surface area contributed by atoms with Crippen molar-refractivity contribution in [3.63, 3.8) is 0 Å². The molecule has 1 aliphatic heterocycles. The largest absolute Gasteiger partial charge is 0.357 e. The lowest BCUT2D eigenvalue weighted by Crippen LogP contribution is -2.41. The second-order valence-electron chi connectivity index (χ2n) is 5.98. The van der Waals surface area contributed by atoms with Crippen molar-refractivity contribution in [1.82, 2.24) is 25.4 Å². The number of rotatable bonds is 6. The number of nitrogens with zero attached hydrogens (tertiary/aromatic N) is 4. The summed E-state index contributed by atoms with van der Waals surface area (Å²) in [6, 6.07) is 0.203. The van der Waals surface area contributed by atoms with Gasteiger partial charge in [-0.2, -0.15) is 5.10 Å². The molecule has 0 aromatic carbocycles. The number of guanidine groups is 1. The highest BCUT2D eigenvalue weighted by Gasteiger charge is 2.24. The van der Waals surface area contributed by atoms with Crippen LogP contribution in [0.1, 0.15) is 64.1 Å². The van der Waals surface area contributed by atoms with Gasteiger partial charge in [0.25, 0.3) is 0 Å². The lowest BCUT2D eigenvalue weighted by atomic mass is 10.0. The van der Waals surface area contributed by atoms with Crippen molar-refractivity contribution in [3.05, 3.63) is 11.6 Å². The molecule has 1 atom stereocenters. The number of fused-ring (bicyclic) bond motifs is 1. The lowest BCUT2D eigenvalue weighted by Gasteiger charge is -2.25. The minimum Gasteiger partial charge on any atom is -0.357 e. The van der Waals surface area contributed by atoms with Crippen molar-refractivity contribution < 1.29 is 0 Å². The van der Waals surface area contributed by atoms with E-state index in [2.05, 4.69) is 41.5 Å². The SMILES string of the molecule is CCNC(=NCC(CC)CC)NC1CCCn2nc(C)nc21. The lowest BCUT2D eigenvalue weighted by molar-refractivity contribution is 0.397. The number of nitrogens with one attached hydrogen (secondary N) is 2. The minimum atomic E-state index is 0.203. The summed E-state index contributed by atoms with van der Waals surface area (Å²) in [7, 11) is 0. The Kier molecular flexibility index (Phi) is 6.21. The van der Waals surface area contributed by atoms with Crippen molar-refractivity contribution in [2.75, 3.05) is 13.1 Å². The summed E-state index contributed by atoms with van der Waals surface area (Å²) >= 11 is 0. The van der Waals surface area contributed by atoms with Gasteiger partial charge >= 0.3 is 0 Å². The standard InChI is InChI=1S/C16H30N6/c1-5-13(6-2)11-18-16(17-7-3)20-14-9-8-10-22-15(14)19-12(4)21-22/h13-14H,5-11H2,1-4H3,(H2,17,18,20). The van der Waals surface area contributed by atoms with Gasteiger partial charge in [-0.3, -0.25) is 4.99 Å². The molecule has 6 nitrogen and oxygen atoms in total. The number of aliphatic imine (C=N–C) groups is 1. The van der Waals surface area contributed by atoms with Crippen LogP contribution >= 0.6 is 0 Å². The third-order valence-electron chi connectivity index (χ3n) is 4.30. The Morgan fingerprint density at radius 3 is 2.82 bits per heavy atom. The number of hydrogen-bond donors (Lipinski definition) is 2. The maximum absolute atomic E-state index is 4.77. The average Bonchev–Trinajstić information content (AvgIpc) is 2.89. The maximum Gasteiger partial charge on any atom is 0.191 e. The molecular formula is C16H30N6. The summed E-state index contributed by atoms with van der Waals surface area (Å²) in [6.07, 6.45) is 4.56.